The van der Waals surface area contributed by atoms with Crippen LogP contribution in [0.5, 0.6) is 0 Å². The van der Waals surface area contributed by atoms with E-state index in [1.165, 1.54) is 57.8 Å². The molecule has 0 heterocycles. The zero-order valence-corrected chi connectivity index (χ0v) is 28.6. The molecule has 0 aliphatic heterocycles. The molecule has 44 heavy (non-hydrogen) atoms. The number of likely N-dealkylation sites (N-methyl/N-ethyl adjacent to an activating group) is 1. The van der Waals surface area contributed by atoms with Crippen molar-refractivity contribution in [3.8, 4) is 0 Å². The number of phosphoric acid groups is 1. The Bertz CT molecular complexity index is 872. The van der Waals surface area contributed by atoms with E-state index in [-0.39, 0.29) is 44.7 Å². The first kappa shape index (κ1) is 42.1. The number of unbranched alkanes of at least 4 members (excludes halogenated alkanes) is 12. The normalized spacial score (nSPS) is 13.8. The van der Waals surface area contributed by atoms with Gasteiger partial charge >= 0.3 is 19.8 Å². The van der Waals surface area contributed by atoms with Gasteiger partial charge in [-0.05, 0) is 25.0 Å². The molecule has 2 unspecified atom stereocenters. The van der Waals surface area contributed by atoms with Gasteiger partial charge in [0, 0.05) is 19.3 Å². The van der Waals surface area contributed by atoms with E-state index in [1.807, 2.05) is 21.1 Å². The van der Waals surface area contributed by atoms with Gasteiger partial charge in [-0.1, -0.05) is 84.0 Å². The molecule has 0 aliphatic carbocycles. The molecular formula is C32H59NO10P+. The van der Waals surface area contributed by atoms with Crippen molar-refractivity contribution in [2.24, 2.45) is 0 Å². The number of carbonyl (C=O) groups excluding carboxylic acids is 4. The van der Waals surface area contributed by atoms with Crippen LogP contribution < -0.4 is 0 Å². The Kier molecular flexibility index (Phi) is 25.2. The monoisotopic (exact) mass is 648 g/mol. The summed E-state index contributed by atoms with van der Waals surface area (Å²) in [6, 6.07) is 0. The fraction of sp³-hybridized carbons (Fsp3) is 0.812. The standard InChI is InChI=1S/C32H58NO10P/c1-5-6-7-8-9-10-11-12-13-14-15-16-17-22-31(36)40-27-30(28-42-44(38,39)41-26-24-33(2,3)4)43-32(37)23-18-20-29(35)21-19-25-34/h19,21,25,30H,5-18,20,22-24,26-28H2,1-4H3/p+1/b21-19+. The first-order chi connectivity index (χ1) is 20.9. The van der Waals surface area contributed by atoms with Gasteiger partial charge in [-0.2, -0.15) is 0 Å². The smallest absolute Gasteiger partial charge is 0.462 e. The minimum absolute atomic E-state index is 0.0254. The molecule has 0 aromatic rings. The van der Waals surface area contributed by atoms with Crippen molar-refractivity contribution >= 4 is 31.8 Å². The number of ether oxygens (including phenoxy) is 2. The van der Waals surface area contributed by atoms with E-state index in [1.54, 1.807) is 0 Å². The fourth-order valence-electron chi connectivity index (χ4n) is 4.19. The molecule has 0 rings (SSSR count). The summed E-state index contributed by atoms with van der Waals surface area (Å²) < 4.78 is 33.4. The number of hydrogen-bond acceptors (Lipinski definition) is 9. The molecule has 0 saturated heterocycles. The molecule has 0 aromatic carbocycles. The quantitative estimate of drug-likeness (QED) is 0.0237. The number of nitrogens with zero attached hydrogens (tertiary/aromatic N) is 1. The largest absolute Gasteiger partial charge is 0.472 e. The Morgan fingerprint density at radius 3 is 1.84 bits per heavy atom. The lowest BCUT2D eigenvalue weighted by molar-refractivity contribution is -0.870. The Morgan fingerprint density at radius 1 is 0.750 bits per heavy atom. The molecule has 0 fully saturated rings. The van der Waals surface area contributed by atoms with Crippen LogP contribution in [0.3, 0.4) is 0 Å². The van der Waals surface area contributed by atoms with Crippen LogP contribution in [0.25, 0.3) is 0 Å². The summed E-state index contributed by atoms with van der Waals surface area (Å²) in [7, 11) is 1.28. The van der Waals surface area contributed by atoms with E-state index in [2.05, 4.69) is 6.92 Å². The molecule has 0 spiro atoms. The van der Waals surface area contributed by atoms with Gasteiger partial charge in [-0.25, -0.2) is 4.57 Å². The van der Waals surface area contributed by atoms with Crippen LogP contribution in [0.2, 0.25) is 0 Å². The summed E-state index contributed by atoms with van der Waals surface area (Å²) in [6.07, 6.45) is 17.4. The molecule has 0 aromatic heterocycles. The molecule has 11 nitrogen and oxygen atoms in total. The lowest BCUT2D eigenvalue weighted by atomic mass is 10.0. The van der Waals surface area contributed by atoms with Crippen LogP contribution in [0.1, 0.15) is 116 Å². The number of ketones is 1. The van der Waals surface area contributed by atoms with E-state index < -0.39 is 32.5 Å². The highest BCUT2D eigenvalue weighted by Gasteiger charge is 2.27. The van der Waals surface area contributed by atoms with Crippen LogP contribution in [-0.2, 0) is 42.3 Å². The molecule has 0 saturated carbocycles. The molecule has 256 valence electrons. The zero-order chi connectivity index (χ0) is 33.1. The minimum atomic E-state index is -4.43. The van der Waals surface area contributed by atoms with Gasteiger partial charge in [0.2, 0.25) is 0 Å². The highest BCUT2D eigenvalue weighted by molar-refractivity contribution is 7.47. The molecule has 0 radical (unpaired) electrons. The third kappa shape index (κ3) is 28.8. The summed E-state index contributed by atoms with van der Waals surface area (Å²) in [6.45, 7) is 1.81. The molecule has 0 bridgehead atoms. The van der Waals surface area contributed by atoms with Gasteiger partial charge < -0.3 is 18.9 Å². The minimum Gasteiger partial charge on any atom is -0.462 e. The molecule has 12 heteroatoms. The molecule has 2 atom stereocenters. The van der Waals surface area contributed by atoms with Crippen molar-refractivity contribution in [1.29, 1.82) is 0 Å². The summed E-state index contributed by atoms with van der Waals surface area (Å²) in [5, 5.41) is 0. The van der Waals surface area contributed by atoms with Gasteiger partial charge in [0.15, 0.2) is 11.9 Å². The van der Waals surface area contributed by atoms with Crippen molar-refractivity contribution < 1.29 is 51.6 Å². The van der Waals surface area contributed by atoms with E-state index >= 15 is 0 Å². The number of aldehydes is 1. The average Bonchev–Trinajstić information content (AvgIpc) is 2.95. The second-order valence-corrected chi connectivity index (χ2v) is 13.7. The molecule has 0 amide bonds. The van der Waals surface area contributed by atoms with Crippen molar-refractivity contribution in [2.45, 2.75) is 122 Å². The highest BCUT2D eigenvalue weighted by Crippen LogP contribution is 2.43. The Morgan fingerprint density at radius 2 is 1.30 bits per heavy atom. The summed E-state index contributed by atoms with van der Waals surface area (Å²) in [5.74, 6) is -1.44. The second-order valence-electron chi connectivity index (χ2n) is 12.2. The summed E-state index contributed by atoms with van der Waals surface area (Å²) in [5.41, 5.74) is 0. The lowest BCUT2D eigenvalue weighted by Crippen LogP contribution is -2.37. The van der Waals surface area contributed by atoms with Crippen molar-refractivity contribution in [3.05, 3.63) is 12.2 Å². The Balaban J connectivity index is 4.49. The third-order valence-corrected chi connectivity index (χ3v) is 7.80. The van der Waals surface area contributed by atoms with Crippen LogP contribution in [0.4, 0.5) is 0 Å². The van der Waals surface area contributed by atoms with Crippen LogP contribution in [0, 0.1) is 0 Å². The van der Waals surface area contributed by atoms with Crippen LogP contribution in [0.15, 0.2) is 12.2 Å². The molecule has 1 N–H and O–H groups in total. The van der Waals surface area contributed by atoms with Gasteiger partial charge in [0.05, 0.1) is 27.7 Å². The van der Waals surface area contributed by atoms with E-state index in [4.69, 9.17) is 18.5 Å². The van der Waals surface area contributed by atoms with Gasteiger partial charge in [0.1, 0.15) is 26.0 Å². The predicted octanol–water partition coefficient (Wildman–Crippen LogP) is 6.26. The van der Waals surface area contributed by atoms with E-state index in [0.29, 0.717) is 23.7 Å². The number of rotatable bonds is 30. The maximum atomic E-state index is 12.3. The molecule has 0 aliphatic rings. The van der Waals surface area contributed by atoms with Gasteiger partial charge in [-0.15, -0.1) is 0 Å². The number of esters is 2. The maximum absolute atomic E-state index is 12.3. The average molecular weight is 649 g/mol. The number of phosphoric ester groups is 1. The summed E-state index contributed by atoms with van der Waals surface area (Å²) >= 11 is 0. The van der Waals surface area contributed by atoms with Crippen molar-refractivity contribution in [2.75, 3.05) is 47.5 Å². The third-order valence-electron chi connectivity index (χ3n) is 6.82. The Hall–Kier alpha value is -1.91. The van der Waals surface area contributed by atoms with Gasteiger partial charge in [0.25, 0.3) is 0 Å². The lowest BCUT2D eigenvalue weighted by Gasteiger charge is -2.24. The SMILES string of the molecule is CCCCCCCCCCCCCCCC(=O)OCC(COP(=O)(O)OCC[N+](C)(C)C)OC(=O)CCCC(=O)/C=C/C=O. The van der Waals surface area contributed by atoms with Crippen LogP contribution >= 0.6 is 7.82 Å². The highest BCUT2D eigenvalue weighted by atomic mass is 31.2. The number of hydrogen-bond donors (Lipinski definition) is 1. The van der Waals surface area contributed by atoms with Crippen molar-refractivity contribution in [1.82, 2.24) is 0 Å². The number of carbonyl (C=O) groups is 4. The fourth-order valence-corrected chi connectivity index (χ4v) is 4.93. The second kappa shape index (κ2) is 26.3. The molecular weight excluding hydrogens is 589 g/mol. The van der Waals surface area contributed by atoms with Gasteiger partial charge in [-0.3, -0.25) is 28.2 Å². The first-order valence-electron chi connectivity index (χ1n) is 16.3. The van der Waals surface area contributed by atoms with Crippen molar-refractivity contribution in [3.63, 3.8) is 0 Å². The zero-order valence-electron chi connectivity index (χ0n) is 27.7. The Labute approximate surface area is 265 Å². The van der Waals surface area contributed by atoms with Crippen LogP contribution in [-0.4, -0.2) is 87.0 Å². The number of allylic oxidation sites excluding steroid dienone is 2. The first-order valence-corrected chi connectivity index (χ1v) is 17.8. The predicted molar refractivity (Wildman–Crippen MR) is 170 cm³/mol. The van der Waals surface area contributed by atoms with E-state index in [0.717, 1.165) is 31.4 Å². The summed E-state index contributed by atoms with van der Waals surface area (Å²) in [4.78, 5) is 56.6. The maximum Gasteiger partial charge on any atom is 0.472 e. The van der Waals surface area contributed by atoms with E-state index in [9.17, 15) is 28.6 Å². The topological polar surface area (TPSA) is 142 Å². The number of quaternary nitrogens is 1.